The summed E-state index contributed by atoms with van der Waals surface area (Å²) in [5.41, 5.74) is 2.13. The van der Waals surface area contributed by atoms with Gasteiger partial charge < -0.3 is 9.84 Å². The highest BCUT2D eigenvalue weighted by atomic mass is 16.5. The maximum Gasteiger partial charge on any atom is 0.118 e. The van der Waals surface area contributed by atoms with Crippen molar-refractivity contribution in [3.05, 3.63) is 35.4 Å². The van der Waals surface area contributed by atoms with E-state index in [9.17, 15) is 0 Å². The summed E-state index contributed by atoms with van der Waals surface area (Å²) >= 11 is 0. The fourth-order valence-corrected chi connectivity index (χ4v) is 1.31. The molecule has 0 aliphatic rings. The van der Waals surface area contributed by atoms with Gasteiger partial charge in [-0.25, -0.2) is 0 Å². The van der Waals surface area contributed by atoms with Crippen LogP contribution in [0.25, 0.3) is 6.08 Å². The van der Waals surface area contributed by atoms with Crippen molar-refractivity contribution < 1.29 is 9.84 Å². The second kappa shape index (κ2) is 5.56. The van der Waals surface area contributed by atoms with Crippen molar-refractivity contribution in [1.29, 1.82) is 0 Å². The summed E-state index contributed by atoms with van der Waals surface area (Å²) in [5.74, 6) is 1.22. The number of aliphatic hydroxyl groups excluding tert-OH is 1. The molecule has 0 aliphatic heterocycles. The van der Waals surface area contributed by atoms with Crippen LogP contribution in [0, 0.1) is 5.92 Å². The van der Waals surface area contributed by atoms with Gasteiger partial charge in [0.15, 0.2) is 0 Å². The number of hydrogen-bond acceptors (Lipinski definition) is 2. The summed E-state index contributed by atoms with van der Waals surface area (Å²) < 4.78 is 5.08. The molecule has 15 heavy (non-hydrogen) atoms. The third-order valence-corrected chi connectivity index (χ3v) is 2.39. The number of ether oxygens (including phenoxy) is 1. The lowest BCUT2D eigenvalue weighted by molar-refractivity contribution is 0.320. The fourth-order valence-electron chi connectivity index (χ4n) is 1.31. The molecule has 0 bridgehead atoms. The monoisotopic (exact) mass is 206 g/mol. The van der Waals surface area contributed by atoms with E-state index in [1.807, 2.05) is 30.3 Å². The van der Waals surface area contributed by atoms with Crippen molar-refractivity contribution >= 4 is 6.08 Å². The molecule has 1 aromatic carbocycles. The summed E-state index contributed by atoms with van der Waals surface area (Å²) in [7, 11) is 1.65. The van der Waals surface area contributed by atoms with Crippen LogP contribution in [-0.4, -0.2) is 18.8 Å². The van der Waals surface area contributed by atoms with Crippen LogP contribution in [0.5, 0.6) is 5.75 Å². The van der Waals surface area contributed by atoms with E-state index in [4.69, 9.17) is 9.84 Å². The Morgan fingerprint density at radius 3 is 2.33 bits per heavy atom. The highest BCUT2D eigenvalue weighted by Gasteiger charge is 2.01. The normalized spacial score (nSPS) is 11.9. The molecule has 0 saturated heterocycles. The van der Waals surface area contributed by atoms with E-state index in [0.29, 0.717) is 5.92 Å². The quantitative estimate of drug-likeness (QED) is 0.820. The van der Waals surface area contributed by atoms with Crippen molar-refractivity contribution in [1.82, 2.24) is 0 Å². The lowest BCUT2D eigenvalue weighted by Crippen LogP contribution is -1.98. The molecule has 2 heteroatoms. The topological polar surface area (TPSA) is 29.5 Å². The number of rotatable bonds is 4. The van der Waals surface area contributed by atoms with Crippen LogP contribution in [0.1, 0.15) is 19.4 Å². The second-order valence-electron chi connectivity index (χ2n) is 3.81. The molecule has 0 saturated carbocycles. The largest absolute Gasteiger partial charge is 0.497 e. The molecule has 0 amide bonds. The fraction of sp³-hybridized carbons (Fsp3) is 0.385. The summed E-state index contributed by atoms with van der Waals surface area (Å²) in [6, 6.07) is 7.80. The second-order valence-corrected chi connectivity index (χ2v) is 3.81. The summed E-state index contributed by atoms with van der Waals surface area (Å²) in [6.07, 6.45) is 2.02. The Kier molecular flexibility index (Phi) is 4.37. The Bertz CT molecular complexity index is 323. The van der Waals surface area contributed by atoms with E-state index in [1.165, 1.54) is 0 Å². The first kappa shape index (κ1) is 11.8. The summed E-state index contributed by atoms with van der Waals surface area (Å²) in [6.45, 7) is 4.26. The standard InChI is InChI=1S/C13H18O2/c1-10(2)12(9-14)8-11-4-6-13(15-3)7-5-11/h4-8,10,14H,9H2,1-3H3. The molecule has 0 aromatic heterocycles. The van der Waals surface area contributed by atoms with Crippen LogP contribution in [0.3, 0.4) is 0 Å². The molecular formula is C13H18O2. The van der Waals surface area contributed by atoms with E-state index in [-0.39, 0.29) is 6.61 Å². The smallest absolute Gasteiger partial charge is 0.118 e. The molecule has 0 spiro atoms. The van der Waals surface area contributed by atoms with Gasteiger partial charge in [0.25, 0.3) is 0 Å². The molecule has 1 N–H and O–H groups in total. The summed E-state index contributed by atoms with van der Waals surface area (Å²) in [5, 5.41) is 9.17. The van der Waals surface area contributed by atoms with Gasteiger partial charge in [0.2, 0.25) is 0 Å². The lowest BCUT2D eigenvalue weighted by atomic mass is 10.0. The predicted molar refractivity (Wildman–Crippen MR) is 62.9 cm³/mol. The summed E-state index contributed by atoms with van der Waals surface area (Å²) in [4.78, 5) is 0. The first-order chi connectivity index (χ1) is 7.17. The highest BCUT2D eigenvalue weighted by molar-refractivity contribution is 5.54. The van der Waals surface area contributed by atoms with Gasteiger partial charge in [0.05, 0.1) is 13.7 Å². The number of aliphatic hydroxyl groups is 1. The van der Waals surface area contributed by atoms with Crippen LogP contribution in [0.4, 0.5) is 0 Å². The van der Waals surface area contributed by atoms with Gasteiger partial charge in [0.1, 0.15) is 5.75 Å². The molecule has 0 heterocycles. The molecule has 0 radical (unpaired) electrons. The molecular weight excluding hydrogens is 188 g/mol. The molecule has 0 fully saturated rings. The zero-order valence-corrected chi connectivity index (χ0v) is 9.53. The molecule has 0 aliphatic carbocycles. The first-order valence-corrected chi connectivity index (χ1v) is 5.12. The average molecular weight is 206 g/mol. The molecule has 0 unspecified atom stereocenters. The van der Waals surface area contributed by atoms with Crippen LogP contribution in [0.2, 0.25) is 0 Å². The van der Waals surface area contributed by atoms with Crippen molar-refractivity contribution in [3.8, 4) is 5.75 Å². The predicted octanol–water partition coefficient (Wildman–Crippen LogP) is 2.73. The van der Waals surface area contributed by atoms with Crippen LogP contribution in [0.15, 0.2) is 29.8 Å². The van der Waals surface area contributed by atoms with Crippen molar-refractivity contribution in [2.75, 3.05) is 13.7 Å². The van der Waals surface area contributed by atoms with Crippen molar-refractivity contribution in [2.24, 2.45) is 5.92 Å². The Morgan fingerprint density at radius 1 is 1.33 bits per heavy atom. The van der Waals surface area contributed by atoms with E-state index in [2.05, 4.69) is 13.8 Å². The van der Waals surface area contributed by atoms with Gasteiger partial charge in [-0.2, -0.15) is 0 Å². The molecule has 0 atom stereocenters. The van der Waals surface area contributed by atoms with Crippen LogP contribution in [-0.2, 0) is 0 Å². The minimum absolute atomic E-state index is 0.115. The van der Waals surface area contributed by atoms with Gasteiger partial charge in [0, 0.05) is 0 Å². The number of benzene rings is 1. The Balaban J connectivity index is 2.87. The molecule has 2 nitrogen and oxygen atoms in total. The Hall–Kier alpha value is -1.28. The van der Waals surface area contributed by atoms with Crippen LogP contribution >= 0.6 is 0 Å². The third kappa shape index (κ3) is 3.40. The zero-order valence-electron chi connectivity index (χ0n) is 9.53. The first-order valence-electron chi connectivity index (χ1n) is 5.12. The van der Waals surface area contributed by atoms with E-state index in [0.717, 1.165) is 16.9 Å². The van der Waals surface area contributed by atoms with E-state index in [1.54, 1.807) is 7.11 Å². The molecule has 1 rings (SSSR count). The van der Waals surface area contributed by atoms with E-state index >= 15 is 0 Å². The maximum absolute atomic E-state index is 9.17. The minimum Gasteiger partial charge on any atom is -0.497 e. The molecule has 82 valence electrons. The third-order valence-electron chi connectivity index (χ3n) is 2.39. The Labute approximate surface area is 91.2 Å². The van der Waals surface area contributed by atoms with Gasteiger partial charge in [-0.3, -0.25) is 0 Å². The average Bonchev–Trinajstić information content (AvgIpc) is 2.26. The van der Waals surface area contributed by atoms with Gasteiger partial charge >= 0.3 is 0 Å². The van der Waals surface area contributed by atoms with Crippen LogP contribution < -0.4 is 4.74 Å². The zero-order chi connectivity index (χ0) is 11.3. The minimum atomic E-state index is 0.115. The van der Waals surface area contributed by atoms with Gasteiger partial charge in [-0.1, -0.05) is 32.1 Å². The molecule has 1 aromatic rings. The van der Waals surface area contributed by atoms with Crippen molar-refractivity contribution in [2.45, 2.75) is 13.8 Å². The number of methoxy groups -OCH3 is 1. The van der Waals surface area contributed by atoms with E-state index < -0.39 is 0 Å². The lowest BCUT2D eigenvalue weighted by Gasteiger charge is -2.08. The highest BCUT2D eigenvalue weighted by Crippen LogP contribution is 2.17. The number of hydrogen-bond donors (Lipinski definition) is 1. The Morgan fingerprint density at radius 2 is 1.93 bits per heavy atom. The maximum atomic E-state index is 9.17. The van der Waals surface area contributed by atoms with Gasteiger partial charge in [-0.15, -0.1) is 0 Å². The van der Waals surface area contributed by atoms with Gasteiger partial charge in [-0.05, 0) is 29.2 Å². The SMILES string of the molecule is COc1ccc(C=C(CO)C(C)C)cc1. The van der Waals surface area contributed by atoms with Crippen molar-refractivity contribution in [3.63, 3.8) is 0 Å².